The molecule has 0 radical (unpaired) electrons. The van der Waals surface area contributed by atoms with Gasteiger partial charge in [0.05, 0.1) is 12.8 Å². The first kappa shape index (κ1) is 14.1. The fourth-order valence-corrected chi connectivity index (χ4v) is 3.53. The molecule has 1 fully saturated rings. The van der Waals surface area contributed by atoms with Crippen LogP contribution >= 0.6 is 0 Å². The van der Waals surface area contributed by atoms with Crippen LogP contribution in [0.3, 0.4) is 0 Å². The van der Waals surface area contributed by atoms with Gasteiger partial charge < -0.3 is 10.5 Å². The van der Waals surface area contributed by atoms with E-state index >= 15 is 0 Å². The standard InChI is InChI=1S/C13H20N2O3S/c1-15(9-10-4-3-5-10)19(16,17)13-7-6-11(18-2)8-12(13)14/h6-8,10H,3-5,9,14H2,1-2H3. The van der Waals surface area contributed by atoms with Crippen LogP contribution < -0.4 is 10.5 Å². The molecule has 0 heterocycles. The summed E-state index contributed by atoms with van der Waals surface area (Å²) >= 11 is 0. The molecule has 5 nitrogen and oxygen atoms in total. The van der Waals surface area contributed by atoms with Crippen molar-refractivity contribution in [1.29, 1.82) is 0 Å². The topological polar surface area (TPSA) is 72.6 Å². The number of benzene rings is 1. The first-order chi connectivity index (χ1) is 8.95. The summed E-state index contributed by atoms with van der Waals surface area (Å²) in [5, 5.41) is 0. The van der Waals surface area contributed by atoms with E-state index in [1.165, 1.54) is 30.0 Å². The van der Waals surface area contributed by atoms with Gasteiger partial charge in [0.15, 0.2) is 0 Å². The maximum Gasteiger partial charge on any atom is 0.244 e. The Balaban J connectivity index is 2.22. The molecule has 0 saturated heterocycles. The number of rotatable bonds is 5. The van der Waals surface area contributed by atoms with Gasteiger partial charge >= 0.3 is 0 Å². The number of anilines is 1. The van der Waals surface area contributed by atoms with Gasteiger partial charge in [0.2, 0.25) is 10.0 Å². The number of sulfonamides is 1. The molecule has 1 aromatic rings. The van der Waals surface area contributed by atoms with Crippen molar-refractivity contribution in [3.63, 3.8) is 0 Å². The van der Waals surface area contributed by atoms with E-state index in [1.54, 1.807) is 13.1 Å². The number of hydrogen-bond donors (Lipinski definition) is 1. The van der Waals surface area contributed by atoms with E-state index in [2.05, 4.69) is 0 Å². The zero-order valence-corrected chi connectivity index (χ0v) is 12.1. The molecule has 0 aromatic heterocycles. The lowest BCUT2D eigenvalue weighted by Gasteiger charge is -2.29. The van der Waals surface area contributed by atoms with Gasteiger partial charge in [0.25, 0.3) is 0 Å². The number of nitrogens with two attached hydrogens (primary N) is 1. The molecule has 0 unspecified atom stereocenters. The second kappa shape index (κ2) is 5.38. The number of hydrogen-bond acceptors (Lipinski definition) is 4. The Kier molecular flexibility index (Phi) is 4.01. The molecule has 2 rings (SSSR count). The minimum Gasteiger partial charge on any atom is -0.497 e. The van der Waals surface area contributed by atoms with Crippen LogP contribution in [0.5, 0.6) is 5.75 Å². The van der Waals surface area contributed by atoms with E-state index in [-0.39, 0.29) is 10.6 Å². The van der Waals surface area contributed by atoms with Crippen molar-refractivity contribution in [3.8, 4) is 5.75 Å². The van der Waals surface area contributed by atoms with Crippen molar-refractivity contribution < 1.29 is 13.2 Å². The van der Waals surface area contributed by atoms with Crippen LogP contribution in [0.1, 0.15) is 19.3 Å². The molecule has 0 bridgehead atoms. The molecule has 106 valence electrons. The Morgan fingerprint density at radius 2 is 2.11 bits per heavy atom. The van der Waals surface area contributed by atoms with Gasteiger partial charge in [-0.3, -0.25) is 0 Å². The molecule has 0 amide bonds. The lowest BCUT2D eigenvalue weighted by atomic mass is 9.86. The molecule has 1 aliphatic rings. The van der Waals surface area contributed by atoms with Crippen molar-refractivity contribution in [2.24, 2.45) is 5.92 Å². The largest absolute Gasteiger partial charge is 0.497 e. The second-order valence-electron chi connectivity index (χ2n) is 4.99. The number of methoxy groups -OCH3 is 1. The Hall–Kier alpha value is -1.27. The molecule has 1 saturated carbocycles. The van der Waals surface area contributed by atoms with E-state index in [0.717, 1.165) is 12.8 Å². The maximum absolute atomic E-state index is 12.4. The van der Waals surface area contributed by atoms with Crippen molar-refractivity contribution in [2.75, 3.05) is 26.4 Å². The normalized spacial score (nSPS) is 16.4. The molecule has 0 spiro atoms. The fraction of sp³-hybridized carbons (Fsp3) is 0.538. The first-order valence-electron chi connectivity index (χ1n) is 6.35. The van der Waals surface area contributed by atoms with Crippen LogP contribution in [0.25, 0.3) is 0 Å². The molecular weight excluding hydrogens is 264 g/mol. The van der Waals surface area contributed by atoms with Gasteiger partial charge in [-0.15, -0.1) is 0 Å². The molecule has 19 heavy (non-hydrogen) atoms. The lowest BCUT2D eigenvalue weighted by Crippen LogP contribution is -2.34. The van der Waals surface area contributed by atoms with Gasteiger partial charge in [-0.25, -0.2) is 12.7 Å². The van der Waals surface area contributed by atoms with Crippen LogP contribution in [0.15, 0.2) is 23.1 Å². The Morgan fingerprint density at radius 1 is 1.42 bits per heavy atom. The summed E-state index contributed by atoms with van der Waals surface area (Å²) in [6.07, 6.45) is 3.42. The number of nitrogens with zero attached hydrogens (tertiary/aromatic N) is 1. The summed E-state index contributed by atoms with van der Waals surface area (Å²) in [6, 6.07) is 4.64. The molecule has 0 atom stereocenters. The number of ether oxygens (including phenoxy) is 1. The van der Waals surface area contributed by atoms with Crippen LogP contribution in [-0.4, -0.2) is 33.4 Å². The zero-order chi connectivity index (χ0) is 14.0. The fourth-order valence-electron chi connectivity index (χ4n) is 2.19. The predicted octanol–water partition coefficient (Wildman–Crippen LogP) is 1.70. The van der Waals surface area contributed by atoms with Gasteiger partial charge in [-0.2, -0.15) is 0 Å². The minimum absolute atomic E-state index is 0.148. The lowest BCUT2D eigenvalue weighted by molar-refractivity contribution is 0.263. The Bertz CT molecular complexity index is 553. The van der Waals surface area contributed by atoms with Gasteiger partial charge in [-0.1, -0.05) is 6.42 Å². The summed E-state index contributed by atoms with van der Waals surface area (Å²) < 4.78 is 31.3. The highest BCUT2D eigenvalue weighted by molar-refractivity contribution is 7.89. The van der Waals surface area contributed by atoms with Crippen LogP contribution in [0.4, 0.5) is 5.69 Å². The maximum atomic E-state index is 12.4. The highest BCUT2D eigenvalue weighted by Crippen LogP contribution is 2.30. The van der Waals surface area contributed by atoms with E-state index < -0.39 is 10.0 Å². The van der Waals surface area contributed by atoms with Gasteiger partial charge in [0, 0.05) is 19.7 Å². The summed E-state index contributed by atoms with van der Waals surface area (Å²) in [6.45, 7) is 0.563. The van der Waals surface area contributed by atoms with Gasteiger partial charge in [0.1, 0.15) is 10.6 Å². The summed E-state index contributed by atoms with van der Waals surface area (Å²) in [5.41, 5.74) is 6.03. The molecule has 2 N–H and O–H groups in total. The Labute approximate surface area is 114 Å². The second-order valence-corrected chi connectivity index (χ2v) is 7.00. The average molecular weight is 284 g/mol. The molecular formula is C13H20N2O3S. The third-order valence-electron chi connectivity index (χ3n) is 3.65. The minimum atomic E-state index is -3.51. The van der Waals surface area contributed by atoms with Crippen LogP contribution in [0.2, 0.25) is 0 Å². The van der Waals surface area contributed by atoms with Gasteiger partial charge in [-0.05, 0) is 30.9 Å². The Morgan fingerprint density at radius 3 is 2.58 bits per heavy atom. The predicted molar refractivity (Wildman–Crippen MR) is 74.6 cm³/mol. The first-order valence-corrected chi connectivity index (χ1v) is 7.79. The zero-order valence-electron chi connectivity index (χ0n) is 11.3. The molecule has 0 aliphatic heterocycles. The van der Waals surface area contributed by atoms with Crippen molar-refractivity contribution in [3.05, 3.63) is 18.2 Å². The average Bonchev–Trinajstić information content (AvgIpc) is 2.32. The van der Waals surface area contributed by atoms with Crippen LogP contribution in [-0.2, 0) is 10.0 Å². The van der Waals surface area contributed by atoms with Crippen LogP contribution in [0, 0.1) is 5.92 Å². The monoisotopic (exact) mass is 284 g/mol. The van der Waals surface area contributed by atoms with Crippen molar-refractivity contribution in [2.45, 2.75) is 24.2 Å². The third kappa shape index (κ3) is 2.84. The smallest absolute Gasteiger partial charge is 0.244 e. The molecule has 1 aromatic carbocycles. The summed E-state index contributed by atoms with van der Waals surface area (Å²) in [7, 11) is -0.385. The SMILES string of the molecule is COc1ccc(S(=O)(=O)N(C)CC2CCC2)c(N)c1. The molecule has 1 aliphatic carbocycles. The van der Waals surface area contributed by atoms with E-state index in [0.29, 0.717) is 18.2 Å². The van der Waals surface area contributed by atoms with Crippen molar-refractivity contribution in [1.82, 2.24) is 4.31 Å². The quantitative estimate of drug-likeness (QED) is 0.835. The summed E-state index contributed by atoms with van der Waals surface area (Å²) in [4.78, 5) is 0.148. The van der Waals surface area contributed by atoms with E-state index in [9.17, 15) is 8.42 Å². The third-order valence-corrected chi connectivity index (χ3v) is 5.54. The summed E-state index contributed by atoms with van der Waals surface area (Å²) in [5.74, 6) is 1.04. The highest BCUT2D eigenvalue weighted by atomic mass is 32.2. The van der Waals surface area contributed by atoms with E-state index in [1.807, 2.05) is 0 Å². The highest BCUT2D eigenvalue weighted by Gasteiger charge is 2.28. The van der Waals surface area contributed by atoms with Crippen molar-refractivity contribution >= 4 is 15.7 Å². The molecule has 6 heteroatoms. The van der Waals surface area contributed by atoms with E-state index in [4.69, 9.17) is 10.5 Å². The number of nitrogen functional groups attached to an aromatic ring is 1.